The van der Waals surface area contributed by atoms with Crippen LogP contribution in [0.25, 0.3) is 0 Å². The van der Waals surface area contributed by atoms with Crippen LogP contribution in [0.4, 0.5) is 28.4 Å². The van der Waals surface area contributed by atoms with Crippen LogP contribution in [0, 0.1) is 0 Å². The lowest BCUT2D eigenvalue weighted by Gasteiger charge is -2.12. The van der Waals surface area contributed by atoms with Crippen molar-refractivity contribution in [2.45, 2.75) is 0 Å². The van der Waals surface area contributed by atoms with Gasteiger partial charge in [-0.05, 0) is 54.6 Å². The summed E-state index contributed by atoms with van der Waals surface area (Å²) in [5, 5.41) is 6.57. The van der Waals surface area contributed by atoms with Gasteiger partial charge in [0.15, 0.2) is 0 Å². The fourth-order valence-corrected chi connectivity index (χ4v) is 2.40. The van der Waals surface area contributed by atoms with Gasteiger partial charge < -0.3 is 21.1 Å². The lowest BCUT2D eigenvalue weighted by atomic mass is 10.1. The van der Waals surface area contributed by atoms with Gasteiger partial charge in [-0.25, -0.2) is 4.79 Å². The highest BCUT2D eigenvalue weighted by Gasteiger charge is 2.08. The largest absolute Gasteiger partial charge is 0.465 e. The zero-order valence-electron chi connectivity index (χ0n) is 13.8. The van der Waals surface area contributed by atoms with Crippen molar-refractivity contribution in [1.82, 2.24) is 0 Å². The van der Waals surface area contributed by atoms with Gasteiger partial charge in [0.05, 0.1) is 24.0 Å². The van der Waals surface area contributed by atoms with Crippen LogP contribution in [0.15, 0.2) is 72.8 Å². The zero-order valence-corrected chi connectivity index (χ0v) is 13.8. The van der Waals surface area contributed by atoms with Crippen LogP contribution >= 0.6 is 0 Å². The molecular formula is C20H19N3O2. The summed E-state index contributed by atoms with van der Waals surface area (Å²) < 4.78 is 4.69. The summed E-state index contributed by atoms with van der Waals surface area (Å²) >= 11 is 0. The van der Waals surface area contributed by atoms with Crippen LogP contribution in [0.3, 0.4) is 0 Å². The van der Waals surface area contributed by atoms with E-state index >= 15 is 0 Å². The summed E-state index contributed by atoms with van der Waals surface area (Å²) in [5.74, 6) is -0.408. The van der Waals surface area contributed by atoms with Gasteiger partial charge in [-0.15, -0.1) is 0 Å². The first-order valence-corrected chi connectivity index (χ1v) is 7.83. The van der Waals surface area contributed by atoms with Crippen molar-refractivity contribution in [2.75, 3.05) is 23.5 Å². The number of nitrogens with one attached hydrogen (secondary N) is 2. The number of nitrogens with two attached hydrogens (primary N) is 1. The number of esters is 1. The molecule has 0 atom stereocenters. The standard InChI is InChI=1S/C20H19N3O2/c1-25-20(24)14-7-12-19(18(21)13-14)23-17-10-8-16(9-11-17)22-15-5-3-2-4-6-15/h2-13,22-23H,21H2,1H3. The molecule has 3 rings (SSSR count). The molecule has 0 saturated heterocycles. The molecule has 3 aromatic rings. The average molecular weight is 333 g/mol. The van der Waals surface area contributed by atoms with Crippen molar-refractivity contribution in [1.29, 1.82) is 0 Å². The van der Waals surface area contributed by atoms with E-state index in [1.165, 1.54) is 7.11 Å². The molecule has 3 aromatic carbocycles. The first-order chi connectivity index (χ1) is 12.2. The molecule has 25 heavy (non-hydrogen) atoms. The number of nitrogen functional groups attached to an aromatic ring is 1. The van der Waals surface area contributed by atoms with Crippen molar-refractivity contribution < 1.29 is 9.53 Å². The third kappa shape index (κ3) is 4.09. The maximum absolute atomic E-state index is 11.5. The van der Waals surface area contributed by atoms with E-state index < -0.39 is 5.97 Å². The van der Waals surface area contributed by atoms with E-state index in [0.717, 1.165) is 22.7 Å². The van der Waals surface area contributed by atoms with Crippen molar-refractivity contribution in [2.24, 2.45) is 0 Å². The fourth-order valence-electron chi connectivity index (χ4n) is 2.40. The predicted molar refractivity (Wildman–Crippen MR) is 102 cm³/mol. The average Bonchev–Trinajstić information content (AvgIpc) is 2.65. The van der Waals surface area contributed by atoms with Crippen LogP contribution in [-0.4, -0.2) is 13.1 Å². The molecule has 5 nitrogen and oxygen atoms in total. The summed E-state index contributed by atoms with van der Waals surface area (Å²) in [6, 6.07) is 22.9. The molecule has 0 bridgehead atoms. The molecule has 126 valence electrons. The van der Waals surface area contributed by atoms with Crippen molar-refractivity contribution >= 4 is 34.4 Å². The number of para-hydroxylation sites is 1. The Morgan fingerprint density at radius 2 is 1.44 bits per heavy atom. The molecule has 0 aromatic heterocycles. The third-order valence-electron chi connectivity index (χ3n) is 3.70. The zero-order chi connectivity index (χ0) is 17.6. The van der Waals surface area contributed by atoms with Crippen molar-refractivity contribution in [3.63, 3.8) is 0 Å². The highest BCUT2D eigenvalue weighted by molar-refractivity contribution is 5.92. The van der Waals surface area contributed by atoms with Crippen LogP contribution in [0.5, 0.6) is 0 Å². The maximum atomic E-state index is 11.5. The molecule has 0 saturated carbocycles. The van der Waals surface area contributed by atoms with Gasteiger partial charge in [0.2, 0.25) is 0 Å². The summed E-state index contributed by atoms with van der Waals surface area (Å²) in [7, 11) is 1.34. The second-order valence-electron chi connectivity index (χ2n) is 5.49. The Morgan fingerprint density at radius 3 is 2.04 bits per heavy atom. The fraction of sp³-hybridized carbons (Fsp3) is 0.0500. The molecule has 0 spiro atoms. The van der Waals surface area contributed by atoms with Gasteiger partial charge in [-0.3, -0.25) is 0 Å². The molecule has 0 aliphatic carbocycles. The number of ether oxygens (including phenoxy) is 1. The lowest BCUT2D eigenvalue weighted by molar-refractivity contribution is 0.0601. The second kappa shape index (κ2) is 7.40. The number of benzene rings is 3. The Hall–Kier alpha value is -3.47. The quantitative estimate of drug-likeness (QED) is 0.472. The molecule has 0 aliphatic rings. The highest BCUT2D eigenvalue weighted by atomic mass is 16.5. The predicted octanol–water partition coefficient (Wildman–Crippen LogP) is 4.54. The Balaban J connectivity index is 1.70. The van der Waals surface area contributed by atoms with Crippen LogP contribution < -0.4 is 16.4 Å². The second-order valence-corrected chi connectivity index (χ2v) is 5.49. The number of anilines is 5. The minimum Gasteiger partial charge on any atom is -0.465 e. The number of methoxy groups -OCH3 is 1. The van der Waals surface area contributed by atoms with Crippen molar-refractivity contribution in [3.8, 4) is 0 Å². The smallest absolute Gasteiger partial charge is 0.337 e. The molecule has 0 fully saturated rings. The van der Waals surface area contributed by atoms with Crippen LogP contribution in [-0.2, 0) is 4.74 Å². The van der Waals surface area contributed by atoms with Gasteiger partial charge in [0.1, 0.15) is 0 Å². The normalized spacial score (nSPS) is 10.1. The van der Waals surface area contributed by atoms with E-state index in [0.29, 0.717) is 11.3 Å². The molecule has 0 radical (unpaired) electrons. The number of rotatable bonds is 5. The van der Waals surface area contributed by atoms with E-state index in [2.05, 4.69) is 15.4 Å². The lowest BCUT2D eigenvalue weighted by Crippen LogP contribution is -2.03. The summed E-state index contributed by atoms with van der Waals surface area (Å²) in [4.78, 5) is 11.5. The van der Waals surface area contributed by atoms with E-state index in [4.69, 9.17) is 5.73 Å². The first kappa shape index (κ1) is 16.4. The molecular weight excluding hydrogens is 314 g/mol. The van der Waals surface area contributed by atoms with E-state index in [1.807, 2.05) is 54.6 Å². The van der Waals surface area contributed by atoms with E-state index in [1.54, 1.807) is 18.2 Å². The molecule has 0 amide bonds. The van der Waals surface area contributed by atoms with Gasteiger partial charge in [-0.1, -0.05) is 18.2 Å². The Morgan fingerprint density at radius 1 is 0.840 bits per heavy atom. The third-order valence-corrected chi connectivity index (χ3v) is 3.70. The molecule has 4 N–H and O–H groups in total. The number of hydrogen-bond donors (Lipinski definition) is 3. The van der Waals surface area contributed by atoms with Crippen LogP contribution in [0.1, 0.15) is 10.4 Å². The Kier molecular flexibility index (Phi) is 4.85. The van der Waals surface area contributed by atoms with E-state index in [-0.39, 0.29) is 0 Å². The Labute approximate surface area is 146 Å². The van der Waals surface area contributed by atoms with Crippen LogP contribution in [0.2, 0.25) is 0 Å². The topological polar surface area (TPSA) is 76.4 Å². The number of carbonyl (C=O) groups excluding carboxylic acids is 1. The summed E-state index contributed by atoms with van der Waals surface area (Å²) in [6.45, 7) is 0. The molecule has 0 aliphatic heterocycles. The molecule has 0 heterocycles. The minimum absolute atomic E-state index is 0.408. The SMILES string of the molecule is COC(=O)c1ccc(Nc2ccc(Nc3ccccc3)cc2)c(N)c1. The van der Waals surface area contributed by atoms with Crippen molar-refractivity contribution in [3.05, 3.63) is 78.4 Å². The number of carbonyl (C=O) groups is 1. The summed E-state index contributed by atoms with van der Waals surface area (Å²) in [6.07, 6.45) is 0. The number of hydrogen-bond acceptors (Lipinski definition) is 5. The minimum atomic E-state index is -0.408. The van der Waals surface area contributed by atoms with Gasteiger partial charge >= 0.3 is 5.97 Å². The monoisotopic (exact) mass is 333 g/mol. The van der Waals surface area contributed by atoms with Gasteiger partial charge in [-0.2, -0.15) is 0 Å². The van der Waals surface area contributed by atoms with E-state index in [9.17, 15) is 4.79 Å². The molecule has 0 unspecified atom stereocenters. The maximum Gasteiger partial charge on any atom is 0.337 e. The van der Waals surface area contributed by atoms with Gasteiger partial charge in [0, 0.05) is 17.1 Å². The van der Waals surface area contributed by atoms with Gasteiger partial charge in [0.25, 0.3) is 0 Å². The highest BCUT2D eigenvalue weighted by Crippen LogP contribution is 2.26. The first-order valence-electron chi connectivity index (χ1n) is 7.83. The Bertz CT molecular complexity index is 862. The molecule has 5 heteroatoms. The summed E-state index contributed by atoms with van der Waals surface area (Å²) in [5.41, 5.74) is 10.6.